The quantitative estimate of drug-likeness (QED) is 0.781. The topological polar surface area (TPSA) is 49.3 Å². The summed E-state index contributed by atoms with van der Waals surface area (Å²) in [7, 11) is 1.47. The zero-order chi connectivity index (χ0) is 16.2. The maximum atomic E-state index is 12.7. The van der Waals surface area contributed by atoms with E-state index >= 15 is 0 Å². The van der Waals surface area contributed by atoms with Gasteiger partial charge in [-0.05, 0) is 25.4 Å². The second-order valence-electron chi connectivity index (χ2n) is 4.30. The van der Waals surface area contributed by atoms with Crippen molar-refractivity contribution >= 4 is 23.3 Å². The van der Waals surface area contributed by atoms with Crippen molar-refractivity contribution in [2.24, 2.45) is 0 Å². The first-order valence-corrected chi connectivity index (χ1v) is 6.67. The number of amides is 1. The molecule has 0 aromatic carbocycles. The maximum absolute atomic E-state index is 12.7. The summed E-state index contributed by atoms with van der Waals surface area (Å²) in [6, 6.07) is 0.765. The highest BCUT2D eigenvalue weighted by atomic mass is 35.5. The van der Waals surface area contributed by atoms with E-state index < -0.39 is 17.2 Å². The number of nitrogens with zero attached hydrogens (tertiary/aromatic N) is 4. The van der Waals surface area contributed by atoms with E-state index in [0.29, 0.717) is 13.1 Å². The molecule has 1 rings (SSSR count). The number of anilines is 1. The third kappa shape index (κ3) is 4.73. The van der Waals surface area contributed by atoms with Gasteiger partial charge < -0.3 is 9.80 Å². The van der Waals surface area contributed by atoms with Gasteiger partial charge in [-0.15, -0.1) is 0 Å². The number of likely N-dealkylation sites (N-methyl/N-ethyl adjacent to an activating group) is 2. The largest absolute Gasteiger partial charge is 0.433 e. The second-order valence-corrected chi connectivity index (χ2v) is 4.64. The number of hydrogen-bond acceptors (Lipinski definition) is 4. The van der Waals surface area contributed by atoms with Crippen LogP contribution in [0.5, 0.6) is 0 Å². The molecular formula is C12H16ClF3N4O. The second kappa shape index (κ2) is 6.93. The molecule has 1 aromatic rings. The molecule has 0 fully saturated rings. The fourth-order valence-corrected chi connectivity index (χ4v) is 1.88. The van der Waals surface area contributed by atoms with E-state index in [-0.39, 0.29) is 18.3 Å². The molecule has 0 radical (unpaired) electrons. The Hall–Kier alpha value is -1.57. The third-order valence-electron chi connectivity index (χ3n) is 2.86. The molecule has 0 N–H and O–H groups in total. The van der Waals surface area contributed by atoms with Crippen LogP contribution in [0.2, 0.25) is 5.28 Å². The van der Waals surface area contributed by atoms with Gasteiger partial charge in [0.15, 0.2) is 5.69 Å². The first-order chi connectivity index (χ1) is 9.68. The van der Waals surface area contributed by atoms with Crippen molar-refractivity contribution in [1.82, 2.24) is 14.9 Å². The molecule has 9 heteroatoms. The SMILES string of the molecule is CCN(CC)C(=O)CN(C)c1cc(C(F)(F)F)nc(Cl)n1. The molecule has 0 bridgehead atoms. The van der Waals surface area contributed by atoms with Crippen molar-refractivity contribution < 1.29 is 18.0 Å². The summed E-state index contributed by atoms with van der Waals surface area (Å²) in [4.78, 5) is 21.7. The molecule has 21 heavy (non-hydrogen) atoms. The number of alkyl halides is 3. The van der Waals surface area contributed by atoms with E-state index in [4.69, 9.17) is 11.6 Å². The molecule has 0 aliphatic carbocycles. The molecule has 0 atom stereocenters. The van der Waals surface area contributed by atoms with Gasteiger partial charge in [0.25, 0.3) is 0 Å². The van der Waals surface area contributed by atoms with E-state index in [1.807, 2.05) is 13.8 Å². The average Bonchev–Trinajstić information content (AvgIpc) is 2.38. The van der Waals surface area contributed by atoms with Crippen LogP contribution < -0.4 is 4.90 Å². The molecular weight excluding hydrogens is 309 g/mol. The fraction of sp³-hybridized carbons (Fsp3) is 0.583. The minimum atomic E-state index is -4.62. The van der Waals surface area contributed by atoms with Crippen molar-refractivity contribution in [2.75, 3.05) is 31.6 Å². The number of carbonyl (C=O) groups is 1. The van der Waals surface area contributed by atoms with E-state index in [0.717, 1.165) is 6.07 Å². The van der Waals surface area contributed by atoms with Crippen molar-refractivity contribution in [3.05, 3.63) is 17.0 Å². The van der Waals surface area contributed by atoms with E-state index in [9.17, 15) is 18.0 Å². The molecule has 118 valence electrons. The molecule has 1 amide bonds. The molecule has 0 unspecified atom stereocenters. The van der Waals surface area contributed by atoms with Gasteiger partial charge in [-0.3, -0.25) is 4.79 Å². The van der Waals surface area contributed by atoms with E-state index in [1.165, 1.54) is 11.9 Å². The van der Waals surface area contributed by atoms with Crippen LogP contribution in [0.3, 0.4) is 0 Å². The van der Waals surface area contributed by atoms with Crippen LogP contribution in [-0.2, 0) is 11.0 Å². The van der Waals surface area contributed by atoms with Gasteiger partial charge in [-0.25, -0.2) is 9.97 Å². The van der Waals surface area contributed by atoms with E-state index in [2.05, 4.69) is 9.97 Å². The Balaban J connectivity index is 2.95. The smallest absolute Gasteiger partial charge is 0.350 e. The number of carbonyl (C=O) groups excluding carboxylic acids is 1. The molecule has 1 heterocycles. The Morgan fingerprint density at radius 1 is 1.29 bits per heavy atom. The highest BCUT2D eigenvalue weighted by Crippen LogP contribution is 2.30. The summed E-state index contributed by atoms with van der Waals surface area (Å²) in [5, 5.41) is -0.512. The van der Waals surface area contributed by atoms with Gasteiger partial charge in [-0.2, -0.15) is 13.2 Å². The van der Waals surface area contributed by atoms with Gasteiger partial charge in [0.2, 0.25) is 11.2 Å². The molecule has 0 aliphatic heterocycles. The van der Waals surface area contributed by atoms with Gasteiger partial charge >= 0.3 is 6.18 Å². The van der Waals surface area contributed by atoms with Crippen LogP contribution in [0.4, 0.5) is 19.0 Å². The predicted octanol–water partition coefficient (Wildman–Crippen LogP) is 2.45. The van der Waals surface area contributed by atoms with Crippen molar-refractivity contribution in [3.8, 4) is 0 Å². The Morgan fingerprint density at radius 3 is 2.33 bits per heavy atom. The summed E-state index contributed by atoms with van der Waals surface area (Å²) < 4.78 is 38.0. The number of rotatable bonds is 5. The number of halogens is 4. The molecule has 0 spiro atoms. The fourth-order valence-electron chi connectivity index (χ4n) is 1.71. The molecule has 0 saturated carbocycles. The summed E-state index contributed by atoms with van der Waals surface area (Å²) in [6.07, 6.45) is -4.62. The Bertz CT molecular complexity index is 506. The normalized spacial score (nSPS) is 11.4. The molecule has 5 nitrogen and oxygen atoms in total. The third-order valence-corrected chi connectivity index (χ3v) is 3.02. The monoisotopic (exact) mass is 324 g/mol. The highest BCUT2D eigenvalue weighted by Gasteiger charge is 2.34. The Labute approximate surface area is 125 Å². The number of aromatic nitrogens is 2. The van der Waals surface area contributed by atoms with E-state index in [1.54, 1.807) is 4.90 Å². The van der Waals surface area contributed by atoms with Crippen LogP contribution in [-0.4, -0.2) is 47.5 Å². The van der Waals surface area contributed by atoms with Crippen molar-refractivity contribution in [3.63, 3.8) is 0 Å². The summed E-state index contributed by atoms with van der Waals surface area (Å²) in [5.41, 5.74) is -1.14. The van der Waals surface area contributed by atoms with Crippen LogP contribution in [0, 0.1) is 0 Å². The van der Waals surface area contributed by atoms with Gasteiger partial charge in [0, 0.05) is 26.2 Å². The first kappa shape index (κ1) is 17.5. The first-order valence-electron chi connectivity index (χ1n) is 6.29. The van der Waals surface area contributed by atoms with Crippen LogP contribution in [0.15, 0.2) is 6.07 Å². The minimum absolute atomic E-state index is 0.0529. The lowest BCUT2D eigenvalue weighted by Gasteiger charge is -2.24. The van der Waals surface area contributed by atoms with Crippen molar-refractivity contribution in [2.45, 2.75) is 20.0 Å². The van der Waals surface area contributed by atoms with Gasteiger partial charge in [-0.1, -0.05) is 0 Å². The van der Waals surface area contributed by atoms with Crippen molar-refractivity contribution in [1.29, 1.82) is 0 Å². The lowest BCUT2D eigenvalue weighted by molar-refractivity contribution is -0.141. The van der Waals surface area contributed by atoms with Crippen LogP contribution in [0.1, 0.15) is 19.5 Å². The van der Waals surface area contributed by atoms with Crippen LogP contribution in [0.25, 0.3) is 0 Å². The lowest BCUT2D eigenvalue weighted by Crippen LogP contribution is -2.39. The zero-order valence-electron chi connectivity index (χ0n) is 11.9. The minimum Gasteiger partial charge on any atom is -0.350 e. The summed E-state index contributed by atoms with van der Waals surface area (Å²) >= 11 is 5.51. The van der Waals surface area contributed by atoms with Gasteiger partial charge in [0.05, 0.1) is 6.54 Å². The summed E-state index contributed by atoms with van der Waals surface area (Å²) in [6.45, 7) is 4.62. The average molecular weight is 325 g/mol. The van der Waals surface area contributed by atoms with Crippen LogP contribution >= 0.6 is 11.6 Å². The molecule has 0 aliphatic rings. The Kier molecular flexibility index (Phi) is 5.77. The number of hydrogen-bond donors (Lipinski definition) is 0. The zero-order valence-corrected chi connectivity index (χ0v) is 12.7. The maximum Gasteiger partial charge on any atom is 0.433 e. The molecule has 1 aromatic heterocycles. The predicted molar refractivity (Wildman–Crippen MR) is 73.2 cm³/mol. The lowest BCUT2D eigenvalue weighted by atomic mass is 10.3. The molecule has 0 saturated heterocycles. The van der Waals surface area contributed by atoms with Gasteiger partial charge in [0.1, 0.15) is 5.82 Å². The highest BCUT2D eigenvalue weighted by molar-refractivity contribution is 6.28. The standard InChI is InChI=1S/C12H16ClF3N4O/c1-4-20(5-2)10(21)7-19(3)9-6-8(12(14,15)16)17-11(13)18-9/h6H,4-5,7H2,1-3H3. The summed E-state index contributed by atoms with van der Waals surface area (Å²) in [5.74, 6) is -0.256. The Morgan fingerprint density at radius 2 is 1.86 bits per heavy atom.